The lowest BCUT2D eigenvalue weighted by Crippen LogP contribution is -1.88. The summed E-state index contributed by atoms with van der Waals surface area (Å²) in [7, 11) is 1.65. The number of ether oxygens (including phenoxy) is 1. The molecule has 0 aliphatic heterocycles. The van der Waals surface area contributed by atoms with Crippen LogP contribution in [0.3, 0.4) is 0 Å². The molecule has 0 spiro atoms. The van der Waals surface area contributed by atoms with Gasteiger partial charge in [-0.05, 0) is 30.9 Å². The van der Waals surface area contributed by atoms with Crippen LogP contribution >= 0.6 is 11.3 Å². The maximum atomic E-state index is 11.4. The predicted molar refractivity (Wildman–Crippen MR) is 63.1 cm³/mol. The van der Waals surface area contributed by atoms with Gasteiger partial charge in [-0.15, -0.1) is 11.3 Å². The lowest BCUT2D eigenvalue weighted by molar-refractivity contribution is 0.102. The van der Waals surface area contributed by atoms with Crippen LogP contribution in [0.25, 0.3) is 10.1 Å². The van der Waals surface area contributed by atoms with Gasteiger partial charge >= 0.3 is 0 Å². The van der Waals surface area contributed by atoms with Gasteiger partial charge in [-0.1, -0.05) is 12.1 Å². The van der Waals surface area contributed by atoms with Crippen molar-refractivity contribution in [2.45, 2.75) is 13.8 Å². The van der Waals surface area contributed by atoms with Gasteiger partial charge < -0.3 is 4.74 Å². The van der Waals surface area contributed by atoms with Gasteiger partial charge in [0.15, 0.2) is 5.78 Å². The Hall–Kier alpha value is -1.35. The number of thiophene rings is 1. The molecule has 0 N–H and O–H groups in total. The molecule has 0 bridgehead atoms. The van der Waals surface area contributed by atoms with E-state index in [1.54, 1.807) is 14.0 Å². The standard InChI is InChI=1S/C12H12O2S/c1-7-9-5-4-6-10(14-3)12(9)15-11(7)8(2)13/h4-6H,1-3H3. The van der Waals surface area contributed by atoms with E-state index in [1.165, 1.54) is 11.3 Å². The molecule has 0 aliphatic rings. The maximum Gasteiger partial charge on any atom is 0.170 e. The molecular weight excluding hydrogens is 208 g/mol. The van der Waals surface area contributed by atoms with E-state index >= 15 is 0 Å². The average molecular weight is 220 g/mol. The number of aryl methyl sites for hydroxylation is 1. The highest BCUT2D eigenvalue weighted by Crippen LogP contribution is 2.36. The van der Waals surface area contributed by atoms with Gasteiger partial charge in [-0.2, -0.15) is 0 Å². The largest absolute Gasteiger partial charge is 0.495 e. The molecule has 1 aromatic carbocycles. The molecule has 15 heavy (non-hydrogen) atoms. The first-order valence-electron chi connectivity index (χ1n) is 4.72. The first kappa shape index (κ1) is 10.2. The second-order valence-electron chi connectivity index (χ2n) is 3.45. The number of ketones is 1. The lowest BCUT2D eigenvalue weighted by atomic mass is 10.1. The minimum atomic E-state index is 0.121. The Kier molecular flexibility index (Phi) is 2.49. The van der Waals surface area contributed by atoms with Crippen molar-refractivity contribution < 1.29 is 9.53 Å². The summed E-state index contributed by atoms with van der Waals surface area (Å²) in [5.41, 5.74) is 1.06. The molecule has 78 valence electrons. The molecule has 3 heteroatoms. The highest BCUT2D eigenvalue weighted by molar-refractivity contribution is 7.21. The molecule has 2 rings (SSSR count). The topological polar surface area (TPSA) is 26.3 Å². The van der Waals surface area contributed by atoms with Crippen molar-refractivity contribution >= 4 is 27.2 Å². The SMILES string of the molecule is COc1cccc2c(C)c(C(C)=O)sc12. The normalized spacial score (nSPS) is 10.6. The van der Waals surface area contributed by atoms with Gasteiger partial charge in [-0.25, -0.2) is 0 Å². The summed E-state index contributed by atoms with van der Waals surface area (Å²) < 4.78 is 6.33. The lowest BCUT2D eigenvalue weighted by Gasteiger charge is -1.99. The molecule has 2 aromatic rings. The molecule has 0 radical (unpaired) electrons. The molecule has 0 saturated carbocycles. The van der Waals surface area contributed by atoms with Crippen molar-refractivity contribution in [3.05, 3.63) is 28.6 Å². The number of fused-ring (bicyclic) bond motifs is 1. The third kappa shape index (κ3) is 1.53. The van der Waals surface area contributed by atoms with Crippen molar-refractivity contribution in [3.63, 3.8) is 0 Å². The van der Waals surface area contributed by atoms with Gasteiger partial charge in [0, 0.05) is 0 Å². The summed E-state index contributed by atoms with van der Waals surface area (Å²) in [5, 5.41) is 1.12. The predicted octanol–water partition coefficient (Wildman–Crippen LogP) is 3.42. The Morgan fingerprint density at radius 3 is 2.73 bits per heavy atom. The Bertz CT molecular complexity index is 526. The Balaban J connectivity index is 2.81. The highest BCUT2D eigenvalue weighted by atomic mass is 32.1. The molecule has 0 saturated heterocycles. The van der Waals surface area contributed by atoms with Crippen LogP contribution in [0.5, 0.6) is 5.75 Å². The van der Waals surface area contributed by atoms with Gasteiger partial charge in [0.05, 0.1) is 16.7 Å². The van der Waals surface area contributed by atoms with E-state index in [1.807, 2.05) is 25.1 Å². The maximum absolute atomic E-state index is 11.4. The zero-order valence-corrected chi connectivity index (χ0v) is 9.77. The van der Waals surface area contributed by atoms with Crippen LogP contribution in [0.1, 0.15) is 22.2 Å². The van der Waals surface area contributed by atoms with E-state index in [4.69, 9.17) is 4.74 Å². The third-order valence-electron chi connectivity index (χ3n) is 2.47. The first-order valence-corrected chi connectivity index (χ1v) is 5.54. The fraction of sp³-hybridized carbons (Fsp3) is 0.250. The third-order valence-corrected chi connectivity index (χ3v) is 3.89. The van der Waals surface area contributed by atoms with Crippen molar-refractivity contribution in [2.75, 3.05) is 7.11 Å². The molecule has 1 aromatic heterocycles. The van der Waals surface area contributed by atoms with Crippen molar-refractivity contribution in [2.24, 2.45) is 0 Å². The summed E-state index contributed by atoms with van der Waals surface area (Å²) in [5.74, 6) is 0.962. The smallest absolute Gasteiger partial charge is 0.170 e. The van der Waals surface area contributed by atoms with E-state index in [-0.39, 0.29) is 5.78 Å². The minimum Gasteiger partial charge on any atom is -0.495 e. The average Bonchev–Trinajstić information content (AvgIpc) is 2.56. The molecular formula is C12H12O2S. The van der Waals surface area contributed by atoms with E-state index < -0.39 is 0 Å². The van der Waals surface area contributed by atoms with Crippen molar-refractivity contribution in [1.82, 2.24) is 0 Å². The van der Waals surface area contributed by atoms with E-state index in [0.29, 0.717) is 0 Å². The van der Waals surface area contributed by atoms with Crippen LogP contribution in [0.15, 0.2) is 18.2 Å². The highest BCUT2D eigenvalue weighted by Gasteiger charge is 2.14. The first-order chi connectivity index (χ1) is 7.15. The fourth-order valence-electron chi connectivity index (χ4n) is 1.71. The Morgan fingerprint density at radius 2 is 2.13 bits per heavy atom. The van der Waals surface area contributed by atoms with Gasteiger partial charge in [0.2, 0.25) is 0 Å². The number of rotatable bonds is 2. The number of carbonyl (C=O) groups excluding carboxylic acids is 1. The minimum absolute atomic E-state index is 0.121. The molecule has 0 unspecified atom stereocenters. The van der Waals surface area contributed by atoms with Crippen LogP contribution in [-0.2, 0) is 0 Å². The zero-order chi connectivity index (χ0) is 11.0. The molecule has 2 nitrogen and oxygen atoms in total. The number of hydrogen-bond donors (Lipinski definition) is 0. The van der Waals surface area contributed by atoms with Gasteiger partial charge in [0.25, 0.3) is 0 Å². The number of benzene rings is 1. The summed E-state index contributed by atoms with van der Waals surface area (Å²) in [6.45, 7) is 3.58. The summed E-state index contributed by atoms with van der Waals surface area (Å²) in [6, 6.07) is 5.89. The second-order valence-corrected chi connectivity index (χ2v) is 4.47. The van der Waals surface area contributed by atoms with Gasteiger partial charge in [-0.3, -0.25) is 4.79 Å². The van der Waals surface area contributed by atoms with Crippen LogP contribution in [0.2, 0.25) is 0 Å². The molecule has 0 amide bonds. The quantitative estimate of drug-likeness (QED) is 0.725. The molecule has 0 aliphatic carbocycles. The molecule has 0 atom stereocenters. The Morgan fingerprint density at radius 1 is 1.40 bits per heavy atom. The fourth-order valence-corrected chi connectivity index (χ4v) is 2.91. The van der Waals surface area contributed by atoms with E-state index in [2.05, 4.69) is 0 Å². The van der Waals surface area contributed by atoms with E-state index in [9.17, 15) is 4.79 Å². The molecule has 1 heterocycles. The summed E-state index contributed by atoms with van der Waals surface area (Å²) >= 11 is 1.51. The number of hydrogen-bond acceptors (Lipinski definition) is 3. The summed E-state index contributed by atoms with van der Waals surface area (Å²) in [4.78, 5) is 12.2. The van der Waals surface area contributed by atoms with Crippen LogP contribution in [0, 0.1) is 6.92 Å². The number of methoxy groups -OCH3 is 1. The van der Waals surface area contributed by atoms with Crippen LogP contribution in [-0.4, -0.2) is 12.9 Å². The second kappa shape index (κ2) is 3.66. The van der Waals surface area contributed by atoms with Crippen LogP contribution in [0.4, 0.5) is 0 Å². The van der Waals surface area contributed by atoms with Crippen LogP contribution < -0.4 is 4.74 Å². The summed E-state index contributed by atoms with van der Waals surface area (Å²) in [6.07, 6.45) is 0. The zero-order valence-electron chi connectivity index (χ0n) is 8.96. The van der Waals surface area contributed by atoms with Crippen molar-refractivity contribution in [3.8, 4) is 5.75 Å². The van der Waals surface area contributed by atoms with Crippen molar-refractivity contribution in [1.29, 1.82) is 0 Å². The Labute approximate surface area is 92.5 Å². The van der Waals surface area contributed by atoms with E-state index in [0.717, 1.165) is 26.3 Å². The monoisotopic (exact) mass is 220 g/mol. The van der Waals surface area contributed by atoms with Gasteiger partial charge in [0.1, 0.15) is 5.75 Å². The molecule has 0 fully saturated rings. The number of Topliss-reactive ketones (excluding diaryl/α,β-unsaturated/α-hetero) is 1. The number of carbonyl (C=O) groups is 1.